The number of carbonyl (C=O) groups excluding carboxylic acids is 1. The summed E-state index contributed by atoms with van der Waals surface area (Å²) in [4.78, 5) is 23.3. The normalized spacial score (nSPS) is 12.2. The molecular formula is C21H12Cl3N3O. The number of rotatable bonds is 0. The van der Waals surface area contributed by atoms with Crippen LogP contribution in [0.3, 0.4) is 0 Å². The number of hydrogen-bond donors (Lipinski definition) is 0. The zero-order chi connectivity index (χ0) is 19.7. The first-order valence-corrected chi connectivity index (χ1v) is 9.45. The third-order valence-electron chi connectivity index (χ3n) is 4.36. The number of benzene rings is 3. The molecule has 1 aliphatic carbocycles. The van der Waals surface area contributed by atoms with E-state index >= 15 is 0 Å². The lowest BCUT2D eigenvalue weighted by atomic mass is 9.83. The lowest BCUT2D eigenvalue weighted by Crippen LogP contribution is -2.09. The van der Waals surface area contributed by atoms with Crippen molar-refractivity contribution >= 4 is 51.4 Å². The number of alkyl halides is 3. The number of fused-ring (bicyclic) bond motifs is 2. The molecule has 7 heteroatoms. The van der Waals surface area contributed by atoms with Gasteiger partial charge in [0.05, 0.1) is 0 Å². The standard InChI is InChI=1S/C17H10O.C4H2Cl3N3/c18-17-14-8-2-1-7-12(14)13-9-3-5-11-6-4-10-15(17)16(11)13;5-4(6,7)3-9-1-8-2-10-3/h1-10H;1-2H. The number of hydrogen-bond acceptors (Lipinski definition) is 4. The van der Waals surface area contributed by atoms with Crippen molar-refractivity contribution < 1.29 is 4.79 Å². The fourth-order valence-corrected chi connectivity index (χ4v) is 3.49. The summed E-state index contributed by atoms with van der Waals surface area (Å²) < 4.78 is -1.55. The smallest absolute Gasteiger partial charge is 0.250 e. The van der Waals surface area contributed by atoms with Crippen molar-refractivity contribution in [1.82, 2.24) is 15.0 Å². The Kier molecular flexibility index (Phi) is 5.02. The molecule has 0 bridgehead atoms. The van der Waals surface area contributed by atoms with Crippen LogP contribution >= 0.6 is 34.8 Å². The van der Waals surface area contributed by atoms with Crippen molar-refractivity contribution in [2.45, 2.75) is 3.79 Å². The first kappa shape index (κ1) is 18.8. The summed E-state index contributed by atoms with van der Waals surface area (Å²) in [6.07, 6.45) is 2.54. The van der Waals surface area contributed by atoms with Gasteiger partial charge in [-0.15, -0.1) is 0 Å². The van der Waals surface area contributed by atoms with E-state index in [4.69, 9.17) is 34.8 Å². The molecule has 0 spiro atoms. The van der Waals surface area contributed by atoms with Crippen LogP contribution in [0.15, 0.2) is 73.3 Å². The lowest BCUT2D eigenvalue weighted by Gasteiger charge is -2.19. The second kappa shape index (κ2) is 7.47. The summed E-state index contributed by atoms with van der Waals surface area (Å²) in [6, 6.07) is 20.0. The van der Waals surface area contributed by atoms with Gasteiger partial charge in [0.25, 0.3) is 0 Å². The van der Waals surface area contributed by atoms with Crippen LogP contribution in [0, 0.1) is 0 Å². The van der Waals surface area contributed by atoms with Crippen LogP contribution in [0.2, 0.25) is 0 Å². The maximum Gasteiger partial charge on any atom is 0.250 e. The molecule has 28 heavy (non-hydrogen) atoms. The van der Waals surface area contributed by atoms with E-state index in [1.54, 1.807) is 0 Å². The van der Waals surface area contributed by atoms with E-state index in [1.165, 1.54) is 18.2 Å². The van der Waals surface area contributed by atoms with Gasteiger partial charge < -0.3 is 0 Å². The Balaban J connectivity index is 0.000000165. The molecule has 1 aliphatic rings. The zero-order valence-corrected chi connectivity index (χ0v) is 16.6. The van der Waals surface area contributed by atoms with Gasteiger partial charge in [-0.05, 0) is 16.5 Å². The largest absolute Gasteiger partial charge is 0.289 e. The van der Waals surface area contributed by atoms with E-state index in [2.05, 4.69) is 33.2 Å². The lowest BCUT2D eigenvalue weighted by molar-refractivity contribution is 0.104. The first-order chi connectivity index (χ1) is 13.5. The van der Waals surface area contributed by atoms with Crippen molar-refractivity contribution in [2.75, 3.05) is 0 Å². The van der Waals surface area contributed by atoms with Crippen LogP contribution in [0.5, 0.6) is 0 Å². The molecule has 138 valence electrons. The molecule has 0 atom stereocenters. The highest BCUT2D eigenvalue weighted by Gasteiger charge is 2.26. The number of nitrogens with zero attached hydrogens (tertiary/aromatic N) is 3. The van der Waals surface area contributed by atoms with Gasteiger partial charge >= 0.3 is 0 Å². The molecule has 4 aromatic rings. The summed E-state index contributed by atoms with van der Waals surface area (Å²) in [6.45, 7) is 0. The number of carbonyl (C=O) groups is 1. The average molecular weight is 429 g/mol. The molecule has 1 aromatic heterocycles. The van der Waals surface area contributed by atoms with Crippen LogP contribution in [0.4, 0.5) is 0 Å². The molecule has 0 saturated carbocycles. The number of aromatic nitrogens is 3. The fourth-order valence-electron chi connectivity index (χ4n) is 3.20. The summed E-state index contributed by atoms with van der Waals surface area (Å²) in [7, 11) is 0. The first-order valence-electron chi connectivity index (χ1n) is 8.32. The minimum Gasteiger partial charge on any atom is -0.289 e. The highest BCUT2D eigenvalue weighted by Crippen LogP contribution is 2.39. The van der Waals surface area contributed by atoms with Crippen molar-refractivity contribution in [2.24, 2.45) is 0 Å². The highest BCUT2D eigenvalue weighted by molar-refractivity contribution is 6.66. The molecule has 0 N–H and O–H groups in total. The Labute approximate surface area is 176 Å². The van der Waals surface area contributed by atoms with E-state index in [0.29, 0.717) is 0 Å². The Morgan fingerprint density at radius 1 is 0.679 bits per heavy atom. The van der Waals surface area contributed by atoms with E-state index < -0.39 is 3.79 Å². The zero-order valence-electron chi connectivity index (χ0n) is 14.3. The van der Waals surface area contributed by atoms with Crippen molar-refractivity contribution in [3.05, 3.63) is 90.3 Å². The van der Waals surface area contributed by atoms with E-state index in [1.807, 2.05) is 42.5 Å². The monoisotopic (exact) mass is 427 g/mol. The molecule has 0 aliphatic heterocycles. The third kappa shape index (κ3) is 3.47. The van der Waals surface area contributed by atoms with Crippen LogP contribution in [-0.2, 0) is 3.79 Å². The highest BCUT2D eigenvalue weighted by atomic mass is 35.6. The van der Waals surface area contributed by atoms with Gasteiger partial charge in [0.15, 0.2) is 11.6 Å². The predicted molar refractivity (Wildman–Crippen MR) is 112 cm³/mol. The Hall–Kier alpha value is -2.53. The number of halogens is 3. The maximum absolute atomic E-state index is 12.5. The summed E-state index contributed by atoms with van der Waals surface area (Å²) in [5, 5.41) is 2.22. The van der Waals surface area contributed by atoms with Gasteiger partial charge in [0.2, 0.25) is 3.79 Å². The quantitative estimate of drug-likeness (QED) is 0.295. The second-order valence-electron chi connectivity index (χ2n) is 6.04. The third-order valence-corrected chi connectivity index (χ3v) is 4.87. The summed E-state index contributed by atoms with van der Waals surface area (Å²) in [5.74, 6) is 0.266. The Morgan fingerprint density at radius 2 is 1.25 bits per heavy atom. The fraction of sp³-hybridized carbons (Fsp3) is 0.0476. The van der Waals surface area contributed by atoms with Gasteiger partial charge in [-0.25, -0.2) is 15.0 Å². The second-order valence-corrected chi connectivity index (χ2v) is 8.32. The Bertz CT molecular complexity index is 1170. The van der Waals surface area contributed by atoms with Crippen molar-refractivity contribution in [3.8, 4) is 11.1 Å². The van der Waals surface area contributed by atoms with Gasteiger partial charge in [-0.2, -0.15) is 0 Å². The van der Waals surface area contributed by atoms with Crippen LogP contribution in [-0.4, -0.2) is 20.7 Å². The molecule has 0 saturated heterocycles. The molecule has 3 aromatic carbocycles. The summed E-state index contributed by atoms with van der Waals surface area (Å²) >= 11 is 16.3. The van der Waals surface area contributed by atoms with Gasteiger partial charge in [-0.3, -0.25) is 4.79 Å². The van der Waals surface area contributed by atoms with Crippen molar-refractivity contribution in [1.29, 1.82) is 0 Å². The van der Waals surface area contributed by atoms with Crippen LogP contribution in [0.1, 0.15) is 21.7 Å². The molecule has 0 amide bonds. The Morgan fingerprint density at radius 3 is 1.86 bits per heavy atom. The van der Waals surface area contributed by atoms with E-state index in [9.17, 15) is 4.79 Å². The van der Waals surface area contributed by atoms with Gasteiger partial charge in [-0.1, -0.05) is 95.5 Å². The molecule has 0 fully saturated rings. The molecule has 1 heterocycles. The van der Waals surface area contributed by atoms with E-state index in [0.717, 1.165) is 27.5 Å². The minimum atomic E-state index is -1.55. The molecule has 0 unspecified atom stereocenters. The van der Waals surface area contributed by atoms with Crippen LogP contribution < -0.4 is 0 Å². The van der Waals surface area contributed by atoms with Crippen LogP contribution in [0.25, 0.3) is 21.9 Å². The van der Waals surface area contributed by atoms with E-state index in [-0.39, 0.29) is 11.6 Å². The topological polar surface area (TPSA) is 55.7 Å². The summed E-state index contributed by atoms with van der Waals surface area (Å²) in [5.41, 5.74) is 3.84. The minimum absolute atomic E-state index is 0.132. The average Bonchev–Trinajstić information content (AvgIpc) is 2.72. The molecule has 5 rings (SSSR count). The maximum atomic E-state index is 12.5. The SMILES string of the molecule is ClC(Cl)(Cl)c1ncncn1.O=C1c2ccccc2-c2cccc3cccc1c23. The van der Waals surface area contributed by atoms with Crippen molar-refractivity contribution in [3.63, 3.8) is 0 Å². The number of ketones is 1. The van der Waals surface area contributed by atoms with Gasteiger partial charge in [0, 0.05) is 16.5 Å². The molecular weight excluding hydrogens is 417 g/mol. The molecule has 0 radical (unpaired) electrons. The van der Waals surface area contributed by atoms with Gasteiger partial charge in [0.1, 0.15) is 12.7 Å². The predicted octanol–water partition coefficient (Wildman–Crippen LogP) is 5.75. The molecule has 4 nitrogen and oxygen atoms in total.